The van der Waals surface area contributed by atoms with Gasteiger partial charge in [-0.1, -0.05) is 39.0 Å². The van der Waals surface area contributed by atoms with E-state index in [-0.39, 0.29) is 17.2 Å². The number of hydrogen-bond donors (Lipinski definition) is 1. The summed E-state index contributed by atoms with van der Waals surface area (Å²) in [4.78, 5) is 14.6. The third kappa shape index (κ3) is 2.91. The van der Waals surface area contributed by atoms with Crippen molar-refractivity contribution in [3.63, 3.8) is 0 Å². The van der Waals surface area contributed by atoms with E-state index in [1.807, 2.05) is 4.90 Å². The Bertz CT molecular complexity index is 573. The standard InChI is InChI=1S/C19H27NO2/c1-19(2,3)15-8-7-14-12-20(10-9-13(14)11-15)18(22)16-5-4-6-17(16)21/h7-8,11,16-17,21H,4-6,9-10,12H2,1-3H3. The Morgan fingerprint density at radius 1 is 1.23 bits per heavy atom. The fourth-order valence-corrected chi connectivity index (χ4v) is 3.67. The second kappa shape index (κ2) is 5.69. The molecule has 0 spiro atoms. The molecule has 2 unspecified atom stereocenters. The highest BCUT2D eigenvalue weighted by Crippen LogP contribution is 2.31. The molecule has 1 N–H and O–H groups in total. The smallest absolute Gasteiger partial charge is 0.228 e. The van der Waals surface area contributed by atoms with Gasteiger partial charge in [0.05, 0.1) is 12.0 Å². The monoisotopic (exact) mass is 301 g/mol. The molecule has 1 aromatic carbocycles. The lowest BCUT2D eigenvalue weighted by Crippen LogP contribution is -2.42. The molecule has 2 aliphatic rings. The average Bonchev–Trinajstić information content (AvgIpc) is 2.90. The topological polar surface area (TPSA) is 40.5 Å². The summed E-state index contributed by atoms with van der Waals surface area (Å²) in [6, 6.07) is 6.68. The van der Waals surface area contributed by atoms with Crippen LogP contribution in [0.15, 0.2) is 18.2 Å². The molecular formula is C19H27NO2. The van der Waals surface area contributed by atoms with Gasteiger partial charge in [-0.25, -0.2) is 0 Å². The predicted molar refractivity (Wildman–Crippen MR) is 87.6 cm³/mol. The fraction of sp³-hybridized carbons (Fsp3) is 0.632. The summed E-state index contributed by atoms with van der Waals surface area (Å²) in [6.07, 6.45) is 3.07. The van der Waals surface area contributed by atoms with E-state index >= 15 is 0 Å². The molecule has 0 saturated heterocycles. The first-order valence-electron chi connectivity index (χ1n) is 8.45. The number of carbonyl (C=O) groups is 1. The number of hydrogen-bond acceptors (Lipinski definition) is 2. The van der Waals surface area contributed by atoms with Crippen molar-refractivity contribution in [2.75, 3.05) is 6.54 Å². The first kappa shape index (κ1) is 15.5. The number of carbonyl (C=O) groups excluding carboxylic acids is 1. The van der Waals surface area contributed by atoms with Gasteiger partial charge in [-0.05, 0) is 47.8 Å². The second-order valence-electron chi connectivity index (χ2n) is 7.85. The number of fused-ring (bicyclic) bond motifs is 1. The summed E-state index contributed by atoms with van der Waals surface area (Å²) < 4.78 is 0. The Labute approximate surface area is 133 Å². The Morgan fingerprint density at radius 3 is 2.64 bits per heavy atom. The van der Waals surface area contributed by atoms with Crippen molar-refractivity contribution in [1.29, 1.82) is 0 Å². The van der Waals surface area contributed by atoms with Crippen molar-refractivity contribution in [2.24, 2.45) is 5.92 Å². The molecule has 3 nitrogen and oxygen atoms in total. The number of aliphatic hydroxyl groups is 1. The van der Waals surface area contributed by atoms with Gasteiger partial charge in [0.2, 0.25) is 5.91 Å². The Balaban J connectivity index is 1.75. The largest absolute Gasteiger partial charge is 0.392 e. The Morgan fingerprint density at radius 2 is 2.00 bits per heavy atom. The maximum Gasteiger partial charge on any atom is 0.228 e. The lowest BCUT2D eigenvalue weighted by atomic mass is 9.84. The predicted octanol–water partition coefficient (Wildman–Crippen LogP) is 3.03. The highest BCUT2D eigenvalue weighted by molar-refractivity contribution is 5.80. The molecule has 0 radical (unpaired) electrons. The fourth-order valence-electron chi connectivity index (χ4n) is 3.67. The molecule has 0 aromatic heterocycles. The molecule has 3 rings (SSSR count). The Hall–Kier alpha value is -1.35. The maximum absolute atomic E-state index is 12.6. The number of nitrogens with zero attached hydrogens (tertiary/aromatic N) is 1. The minimum Gasteiger partial charge on any atom is -0.392 e. The molecule has 0 bridgehead atoms. The van der Waals surface area contributed by atoms with Crippen LogP contribution in [0.2, 0.25) is 0 Å². The lowest BCUT2D eigenvalue weighted by Gasteiger charge is -2.32. The first-order valence-corrected chi connectivity index (χ1v) is 8.45. The van der Waals surface area contributed by atoms with Crippen LogP contribution in [-0.2, 0) is 23.2 Å². The van der Waals surface area contributed by atoms with Gasteiger partial charge in [-0.3, -0.25) is 4.79 Å². The molecule has 3 heteroatoms. The van der Waals surface area contributed by atoms with E-state index in [9.17, 15) is 9.90 Å². The van der Waals surface area contributed by atoms with Gasteiger partial charge >= 0.3 is 0 Å². The second-order valence-corrected chi connectivity index (χ2v) is 7.85. The van der Waals surface area contributed by atoms with E-state index in [0.29, 0.717) is 6.54 Å². The summed E-state index contributed by atoms with van der Waals surface area (Å²) in [6.45, 7) is 8.17. The van der Waals surface area contributed by atoms with Crippen molar-refractivity contribution in [3.8, 4) is 0 Å². The molecule has 1 saturated carbocycles. The van der Waals surface area contributed by atoms with Gasteiger partial charge in [0, 0.05) is 13.1 Å². The van der Waals surface area contributed by atoms with Gasteiger partial charge in [-0.2, -0.15) is 0 Å². The molecule has 1 aliphatic carbocycles. The molecule has 1 amide bonds. The molecular weight excluding hydrogens is 274 g/mol. The lowest BCUT2D eigenvalue weighted by molar-refractivity contribution is -0.139. The maximum atomic E-state index is 12.6. The molecule has 1 fully saturated rings. The van der Waals surface area contributed by atoms with Gasteiger partial charge in [0.15, 0.2) is 0 Å². The van der Waals surface area contributed by atoms with Crippen LogP contribution in [0.3, 0.4) is 0 Å². The van der Waals surface area contributed by atoms with Gasteiger partial charge in [0.25, 0.3) is 0 Å². The molecule has 120 valence electrons. The van der Waals surface area contributed by atoms with E-state index < -0.39 is 6.10 Å². The van der Waals surface area contributed by atoms with Crippen molar-refractivity contribution < 1.29 is 9.90 Å². The number of aliphatic hydroxyl groups excluding tert-OH is 1. The molecule has 1 aromatic rings. The third-order valence-corrected chi connectivity index (χ3v) is 5.19. The number of rotatable bonds is 1. The van der Waals surface area contributed by atoms with E-state index in [1.54, 1.807) is 0 Å². The normalized spacial score (nSPS) is 25.2. The zero-order valence-corrected chi connectivity index (χ0v) is 13.9. The van der Waals surface area contributed by atoms with Crippen LogP contribution >= 0.6 is 0 Å². The Kier molecular flexibility index (Phi) is 4.02. The zero-order valence-electron chi connectivity index (χ0n) is 13.9. The van der Waals surface area contributed by atoms with Crippen molar-refractivity contribution in [2.45, 2.75) is 64.5 Å². The van der Waals surface area contributed by atoms with Crippen LogP contribution in [0.25, 0.3) is 0 Å². The van der Waals surface area contributed by atoms with Crippen LogP contribution in [0.1, 0.15) is 56.7 Å². The molecule has 1 aliphatic heterocycles. The van der Waals surface area contributed by atoms with E-state index in [2.05, 4.69) is 39.0 Å². The van der Waals surface area contributed by atoms with Gasteiger partial charge in [-0.15, -0.1) is 0 Å². The summed E-state index contributed by atoms with van der Waals surface area (Å²) in [7, 11) is 0. The summed E-state index contributed by atoms with van der Waals surface area (Å²) >= 11 is 0. The van der Waals surface area contributed by atoms with Crippen LogP contribution < -0.4 is 0 Å². The minimum atomic E-state index is -0.433. The number of amides is 1. The quantitative estimate of drug-likeness (QED) is 0.866. The summed E-state index contributed by atoms with van der Waals surface area (Å²) in [5, 5.41) is 9.96. The van der Waals surface area contributed by atoms with Crippen LogP contribution in [0.5, 0.6) is 0 Å². The van der Waals surface area contributed by atoms with Crippen molar-refractivity contribution in [1.82, 2.24) is 4.90 Å². The summed E-state index contributed by atoms with van der Waals surface area (Å²) in [5.74, 6) is -0.0223. The highest BCUT2D eigenvalue weighted by Gasteiger charge is 2.35. The van der Waals surface area contributed by atoms with E-state index in [1.165, 1.54) is 16.7 Å². The minimum absolute atomic E-state index is 0.149. The van der Waals surface area contributed by atoms with E-state index in [0.717, 1.165) is 32.2 Å². The molecule has 22 heavy (non-hydrogen) atoms. The third-order valence-electron chi connectivity index (χ3n) is 5.19. The van der Waals surface area contributed by atoms with Crippen LogP contribution in [-0.4, -0.2) is 28.6 Å². The summed E-state index contributed by atoms with van der Waals surface area (Å²) in [5.41, 5.74) is 4.16. The van der Waals surface area contributed by atoms with E-state index in [4.69, 9.17) is 0 Å². The van der Waals surface area contributed by atoms with Gasteiger partial charge < -0.3 is 10.0 Å². The van der Waals surface area contributed by atoms with Crippen molar-refractivity contribution in [3.05, 3.63) is 34.9 Å². The average molecular weight is 301 g/mol. The number of benzene rings is 1. The first-order chi connectivity index (χ1) is 10.4. The SMILES string of the molecule is CC(C)(C)c1ccc2c(c1)CCN(C(=O)C1CCCC1O)C2. The zero-order chi connectivity index (χ0) is 15.9. The molecule has 2 atom stereocenters. The molecule has 1 heterocycles. The van der Waals surface area contributed by atoms with Crippen LogP contribution in [0.4, 0.5) is 0 Å². The van der Waals surface area contributed by atoms with Crippen LogP contribution in [0, 0.1) is 5.92 Å². The van der Waals surface area contributed by atoms with Crippen molar-refractivity contribution >= 4 is 5.91 Å². The van der Waals surface area contributed by atoms with Gasteiger partial charge in [0.1, 0.15) is 0 Å². The highest BCUT2D eigenvalue weighted by atomic mass is 16.3.